The normalized spacial score (nSPS) is 18.9. The Hall–Kier alpha value is -1.65. The van der Waals surface area contributed by atoms with E-state index < -0.39 is 69.8 Å². The number of ether oxygens (including phenoxy) is 2. The second-order valence-electron chi connectivity index (χ2n) is 5.99. The van der Waals surface area contributed by atoms with Crippen molar-refractivity contribution in [1.82, 2.24) is 0 Å². The fourth-order valence-corrected chi connectivity index (χ4v) is 2.20. The van der Waals surface area contributed by atoms with Gasteiger partial charge >= 0.3 is 48.4 Å². The quantitative estimate of drug-likeness (QED) is 0.382. The fraction of sp³-hybridized carbons (Fsp3) is 0.909. The lowest BCUT2D eigenvalue weighted by Crippen LogP contribution is -2.68. The molecule has 34 heavy (non-hydrogen) atoms. The molecule has 0 aromatic carbocycles. The minimum atomic E-state index is -8.15. The number of hydrogen-bond acceptors (Lipinski definition) is 5. The second-order valence-corrected chi connectivity index (χ2v) is 8.13. The van der Waals surface area contributed by atoms with Gasteiger partial charge in [0.1, 0.15) is 5.75 Å². The van der Waals surface area contributed by atoms with Gasteiger partial charge in [-0.15, -0.1) is 0 Å². The average molecular weight is 572 g/mol. The number of hydrogen-bond donors (Lipinski definition) is 0. The smallest absolute Gasteiger partial charge is 0.292 e. The number of carbonyl (C=O) groups is 1. The Morgan fingerprint density at radius 3 is 1.26 bits per heavy atom. The number of halogens is 17. The van der Waals surface area contributed by atoms with Crippen LogP contribution in [-0.4, -0.2) is 74.6 Å². The van der Waals surface area contributed by atoms with Crippen LogP contribution >= 0.6 is 0 Å². The molecular formula is C11H5F17O5S. The van der Waals surface area contributed by atoms with E-state index in [1.807, 2.05) is 0 Å². The molecule has 0 N–H and O–H groups in total. The first kappa shape index (κ1) is 32.4. The second kappa shape index (κ2) is 8.48. The number of carbonyl (C=O) groups excluding carboxylic acids is 1. The Kier molecular flexibility index (Phi) is 8.07. The molecule has 0 rings (SSSR count). The lowest BCUT2D eigenvalue weighted by molar-refractivity contribution is -0.548. The highest BCUT2D eigenvalue weighted by molar-refractivity contribution is 7.91. The van der Waals surface area contributed by atoms with Crippen LogP contribution in [0.5, 0.6) is 0 Å². The molecule has 2 atom stereocenters. The van der Waals surface area contributed by atoms with Crippen molar-refractivity contribution in [3.8, 4) is 0 Å². The SMILES string of the molecule is CS(=O)(=O)CC(=O)C(F)(OC(F)(F)C(F)(OC(F)(F)C(F)(F)C(F)(F)F)C(F)(F)F)C(F)(F)F. The van der Waals surface area contributed by atoms with E-state index in [-0.39, 0.29) is 6.26 Å². The van der Waals surface area contributed by atoms with E-state index >= 15 is 0 Å². The molecule has 0 aliphatic heterocycles. The van der Waals surface area contributed by atoms with E-state index in [1.165, 1.54) is 4.74 Å². The molecule has 0 radical (unpaired) electrons. The molecule has 0 aliphatic rings. The van der Waals surface area contributed by atoms with Crippen LogP contribution in [0.25, 0.3) is 0 Å². The van der Waals surface area contributed by atoms with Gasteiger partial charge in [-0.05, 0) is 0 Å². The highest BCUT2D eigenvalue weighted by Crippen LogP contribution is 2.56. The third-order valence-corrected chi connectivity index (χ3v) is 3.90. The molecule has 5 nitrogen and oxygen atoms in total. The maximum Gasteiger partial charge on any atom is 0.462 e. The largest absolute Gasteiger partial charge is 0.462 e. The molecule has 0 saturated carbocycles. The van der Waals surface area contributed by atoms with Gasteiger partial charge in [0, 0.05) is 6.26 Å². The zero-order valence-electron chi connectivity index (χ0n) is 15.1. The van der Waals surface area contributed by atoms with Crippen LogP contribution in [0.15, 0.2) is 0 Å². The first-order chi connectivity index (χ1) is 14.3. The van der Waals surface area contributed by atoms with Crippen LogP contribution in [0, 0.1) is 0 Å². The average Bonchev–Trinajstić information content (AvgIpc) is 2.48. The minimum absolute atomic E-state index is 0.183. The molecule has 0 aromatic rings. The number of ketones is 1. The van der Waals surface area contributed by atoms with E-state index in [1.54, 1.807) is 4.74 Å². The van der Waals surface area contributed by atoms with Crippen LogP contribution < -0.4 is 0 Å². The fourth-order valence-electron chi connectivity index (χ4n) is 1.53. The summed E-state index contributed by atoms with van der Waals surface area (Å²) < 4.78 is 243. The molecule has 0 spiro atoms. The molecule has 0 aliphatic carbocycles. The van der Waals surface area contributed by atoms with Gasteiger partial charge in [-0.2, -0.15) is 74.6 Å². The summed E-state index contributed by atoms with van der Waals surface area (Å²) in [6.07, 6.45) is -39.2. The van der Waals surface area contributed by atoms with Crippen LogP contribution in [0.4, 0.5) is 74.6 Å². The van der Waals surface area contributed by atoms with Crippen LogP contribution in [0.1, 0.15) is 0 Å². The molecular weight excluding hydrogens is 567 g/mol. The molecule has 0 aromatic heterocycles. The van der Waals surface area contributed by atoms with Crippen LogP contribution in [0.3, 0.4) is 0 Å². The van der Waals surface area contributed by atoms with Crippen molar-refractivity contribution in [3.63, 3.8) is 0 Å². The van der Waals surface area contributed by atoms with Crippen molar-refractivity contribution in [2.24, 2.45) is 0 Å². The molecule has 0 fully saturated rings. The van der Waals surface area contributed by atoms with E-state index in [0.29, 0.717) is 0 Å². The zero-order valence-corrected chi connectivity index (χ0v) is 15.9. The van der Waals surface area contributed by atoms with Gasteiger partial charge in [0.15, 0.2) is 9.84 Å². The van der Waals surface area contributed by atoms with Gasteiger partial charge in [0.25, 0.3) is 0 Å². The Balaban J connectivity index is 6.84. The Morgan fingerprint density at radius 1 is 0.618 bits per heavy atom. The van der Waals surface area contributed by atoms with Crippen molar-refractivity contribution in [2.75, 3.05) is 12.0 Å². The van der Waals surface area contributed by atoms with E-state index in [0.717, 1.165) is 0 Å². The van der Waals surface area contributed by atoms with E-state index in [9.17, 15) is 87.8 Å². The summed E-state index contributed by atoms with van der Waals surface area (Å²) in [5.41, 5.74) is 0. The molecule has 0 saturated heterocycles. The van der Waals surface area contributed by atoms with Gasteiger partial charge in [0.2, 0.25) is 5.78 Å². The number of Topliss-reactive ketones (excluding diaryl/α,β-unsaturated/α-hetero) is 1. The zero-order chi connectivity index (χ0) is 28.2. The highest BCUT2D eigenvalue weighted by atomic mass is 32.2. The highest BCUT2D eigenvalue weighted by Gasteiger charge is 2.85. The molecule has 2 unspecified atom stereocenters. The predicted octanol–water partition coefficient (Wildman–Crippen LogP) is 4.47. The molecule has 0 heterocycles. The Labute approximate surface area is 174 Å². The monoisotopic (exact) mass is 572 g/mol. The Bertz CT molecular complexity index is 872. The van der Waals surface area contributed by atoms with E-state index in [4.69, 9.17) is 0 Å². The van der Waals surface area contributed by atoms with Gasteiger partial charge < -0.3 is 0 Å². The van der Waals surface area contributed by atoms with Crippen molar-refractivity contribution < 1.29 is 97.3 Å². The standard InChI is InChI=1S/C11H5F17O5S/c1-34(30,31)2-3(29)4(12,7(16,17)18)32-11(27,28)6(15,9(22,23)24)33-10(25,26)5(13,14)8(19,20)21/h2H2,1H3. The third-order valence-electron chi connectivity index (χ3n) is 3.11. The molecule has 0 bridgehead atoms. The van der Waals surface area contributed by atoms with Crippen LogP contribution in [0.2, 0.25) is 0 Å². The van der Waals surface area contributed by atoms with Crippen molar-refractivity contribution >= 4 is 15.6 Å². The topological polar surface area (TPSA) is 69.7 Å². The first-order valence-electron chi connectivity index (χ1n) is 7.12. The number of alkyl halides is 17. The van der Waals surface area contributed by atoms with Gasteiger partial charge in [-0.1, -0.05) is 0 Å². The maximum atomic E-state index is 13.9. The van der Waals surface area contributed by atoms with Crippen molar-refractivity contribution in [1.29, 1.82) is 0 Å². The predicted molar refractivity (Wildman–Crippen MR) is 67.6 cm³/mol. The summed E-state index contributed by atoms with van der Waals surface area (Å²) in [6, 6.07) is 0. The molecule has 0 amide bonds. The summed E-state index contributed by atoms with van der Waals surface area (Å²) in [7, 11) is -5.16. The van der Waals surface area contributed by atoms with Gasteiger partial charge in [-0.3, -0.25) is 14.3 Å². The summed E-state index contributed by atoms with van der Waals surface area (Å²) >= 11 is 0. The first-order valence-corrected chi connectivity index (χ1v) is 9.18. The van der Waals surface area contributed by atoms with Crippen LogP contribution in [-0.2, 0) is 24.1 Å². The van der Waals surface area contributed by atoms with Crippen molar-refractivity contribution in [3.05, 3.63) is 0 Å². The Morgan fingerprint density at radius 2 is 1.00 bits per heavy atom. The third kappa shape index (κ3) is 5.94. The molecule has 204 valence electrons. The maximum absolute atomic E-state index is 13.9. The van der Waals surface area contributed by atoms with E-state index in [2.05, 4.69) is 0 Å². The lowest BCUT2D eigenvalue weighted by atomic mass is 10.2. The minimum Gasteiger partial charge on any atom is -0.292 e. The van der Waals surface area contributed by atoms with Crippen molar-refractivity contribution in [2.45, 2.75) is 48.4 Å². The summed E-state index contributed by atoms with van der Waals surface area (Å²) in [5, 5.41) is 0. The summed E-state index contributed by atoms with van der Waals surface area (Å²) in [4.78, 5) is 11.2. The number of sulfone groups is 1. The number of rotatable bonds is 9. The van der Waals surface area contributed by atoms with Gasteiger partial charge in [-0.25, -0.2) is 8.42 Å². The van der Waals surface area contributed by atoms with Gasteiger partial charge in [0.05, 0.1) is 0 Å². The lowest BCUT2D eigenvalue weighted by Gasteiger charge is -2.40. The summed E-state index contributed by atoms with van der Waals surface area (Å²) in [6.45, 7) is 0. The summed E-state index contributed by atoms with van der Waals surface area (Å²) in [5.74, 6) is -29.6. The molecule has 23 heteroatoms.